The van der Waals surface area contributed by atoms with Crippen LogP contribution in [0.25, 0.3) is 0 Å². The first-order valence-corrected chi connectivity index (χ1v) is 9.46. The van der Waals surface area contributed by atoms with Gasteiger partial charge in [0.25, 0.3) is 0 Å². The van der Waals surface area contributed by atoms with Crippen LogP contribution in [0.1, 0.15) is 48.2 Å². The van der Waals surface area contributed by atoms with Crippen LogP contribution in [0.4, 0.5) is 4.79 Å². The smallest absolute Gasteiger partial charge is 0.408 e. The van der Waals surface area contributed by atoms with E-state index in [1.165, 1.54) is 24.3 Å². The van der Waals surface area contributed by atoms with E-state index in [0.29, 0.717) is 11.8 Å². The summed E-state index contributed by atoms with van der Waals surface area (Å²) in [5.74, 6) is -3.53. The Hall–Kier alpha value is -3.48. The molecule has 158 valence electrons. The lowest BCUT2D eigenvalue weighted by Crippen LogP contribution is -2.47. The number of benzene rings is 2. The first kappa shape index (κ1) is 22.8. The average molecular weight is 411 g/mol. The number of Topliss-reactive ketones (excluding diaryl/α,β-unsaturated/α-hetero) is 1. The molecular formula is C23H25NO6. The molecule has 2 aromatic rings. The quantitative estimate of drug-likeness (QED) is 0.509. The fourth-order valence-corrected chi connectivity index (χ4v) is 2.92. The van der Waals surface area contributed by atoms with Crippen LogP contribution in [-0.4, -0.2) is 40.9 Å². The van der Waals surface area contributed by atoms with E-state index in [9.17, 15) is 24.3 Å². The maximum absolute atomic E-state index is 13.2. The highest BCUT2D eigenvalue weighted by Gasteiger charge is 2.35. The SMILES string of the molecule is CC(C)(C)OC(=O)N[C@@H](Cc1ccccc1)C(=O)C(C(=O)O)c1ccc(C=O)cc1. The van der Waals surface area contributed by atoms with Gasteiger partial charge in [0.1, 0.15) is 17.8 Å². The number of carbonyl (C=O) groups excluding carboxylic acids is 3. The van der Waals surface area contributed by atoms with E-state index in [1.54, 1.807) is 45.0 Å². The van der Waals surface area contributed by atoms with Gasteiger partial charge in [-0.1, -0.05) is 54.6 Å². The molecule has 0 bridgehead atoms. The van der Waals surface area contributed by atoms with Crippen molar-refractivity contribution in [2.75, 3.05) is 0 Å². The van der Waals surface area contributed by atoms with Gasteiger partial charge in [0.05, 0.1) is 6.04 Å². The lowest BCUT2D eigenvalue weighted by molar-refractivity contribution is -0.143. The van der Waals surface area contributed by atoms with Gasteiger partial charge in [0.2, 0.25) is 0 Å². The van der Waals surface area contributed by atoms with Gasteiger partial charge in [-0.05, 0) is 38.3 Å². The number of carboxylic acid groups (broad SMARTS) is 1. The summed E-state index contributed by atoms with van der Waals surface area (Å²) in [7, 11) is 0. The highest BCUT2D eigenvalue weighted by molar-refractivity contribution is 6.07. The Morgan fingerprint density at radius 2 is 1.63 bits per heavy atom. The number of rotatable bonds is 8. The van der Waals surface area contributed by atoms with E-state index in [-0.39, 0.29) is 12.0 Å². The zero-order chi connectivity index (χ0) is 22.3. The van der Waals surface area contributed by atoms with Crippen molar-refractivity contribution in [3.8, 4) is 0 Å². The standard InChI is InChI=1S/C23H25NO6/c1-23(2,3)30-22(29)24-18(13-15-7-5-4-6-8-15)20(26)19(21(27)28)17-11-9-16(14-25)10-12-17/h4-12,14,18-19H,13H2,1-3H3,(H,24,29)(H,27,28)/t18-,19?/m0/s1. The highest BCUT2D eigenvalue weighted by Crippen LogP contribution is 2.21. The van der Waals surface area contributed by atoms with Gasteiger partial charge < -0.3 is 15.2 Å². The molecule has 0 heterocycles. The topological polar surface area (TPSA) is 110 Å². The number of ketones is 1. The second kappa shape index (κ2) is 9.82. The average Bonchev–Trinajstić information content (AvgIpc) is 2.67. The molecule has 0 aliphatic rings. The fourth-order valence-electron chi connectivity index (χ4n) is 2.92. The summed E-state index contributed by atoms with van der Waals surface area (Å²) < 4.78 is 5.24. The number of hydrogen-bond donors (Lipinski definition) is 2. The highest BCUT2D eigenvalue weighted by atomic mass is 16.6. The number of ether oxygens (including phenoxy) is 1. The molecule has 0 saturated heterocycles. The summed E-state index contributed by atoms with van der Waals surface area (Å²) in [6, 6.07) is 13.6. The van der Waals surface area contributed by atoms with Crippen LogP contribution in [0, 0.1) is 0 Å². The minimum absolute atomic E-state index is 0.106. The van der Waals surface area contributed by atoms with Crippen molar-refractivity contribution in [1.82, 2.24) is 5.32 Å². The third-order valence-electron chi connectivity index (χ3n) is 4.25. The molecule has 7 heteroatoms. The van der Waals surface area contributed by atoms with Gasteiger partial charge in [-0.25, -0.2) is 4.79 Å². The summed E-state index contributed by atoms with van der Waals surface area (Å²) in [5, 5.41) is 12.2. The molecule has 0 aliphatic heterocycles. The summed E-state index contributed by atoms with van der Waals surface area (Å²) >= 11 is 0. The number of aliphatic carboxylic acids is 1. The van der Waals surface area contributed by atoms with Crippen LogP contribution < -0.4 is 5.32 Å². The normalized spacial score (nSPS) is 13.0. The van der Waals surface area contributed by atoms with Gasteiger partial charge >= 0.3 is 12.1 Å². The van der Waals surface area contributed by atoms with E-state index in [1.807, 2.05) is 6.07 Å². The maximum atomic E-state index is 13.2. The Bertz CT molecular complexity index is 900. The Morgan fingerprint density at radius 3 is 2.13 bits per heavy atom. The van der Waals surface area contributed by atoms with Crippen LogP contribution in [0.3, 0.4) is 0 Å². The van der Waals surface area contributed by atoms with E-state index in [0.717, 1.165) is 5.56 Å². The monoisotopic (exact) mass is 411 g/mol. The molecule has 2 aromatic carbocycles. The molecule has 0 radical (unpaired) electrons. The van der Waals surface area contributed by atoms with Crippen LogP contribution in [0.2, 0.25) is 0 Å². The van der Waals surface area contributed by atoms with Crippen LogP contribution >= 0.6 is 0 Å². The Balaban J connectivity index is 2.34. The van der Waals surface area contributed by atoms with E-state index < -0.39 is 35.4 Å². The third-order valence-corrected chi connectivity index (χ3v) is 4.25. The summed E-state index contributed by atoms with van der Waals surface area (Å²) in [5.41, 5.74) is 0.568. The predicted molar refractivity (Wildman–Crippen MR) is 111 cm³/mol. The summed E-state index contributed by atoms with van der Waals surface area (Å²) in [4.78, 5) is 48.3. The van der Waals surface area contributed by atoms with Gasteiger partial charge in [0.15, 0.2) is 5.78 Å². The van der Waals surface area contributed by atoms with E-state index >= 15 is 0 Å². The van der Waals surface area contributed by atoms with E-state index in [4.69, 9.17) is 4.74 Å². The molecule has 0 aromatic heterocycles. The molecular weight excluding hydrogens is 386 g/mol. The molecule has 0 spiro atoms. The molecule has 30 heavy (non-hydrogen) atoms. The second-order valence-corrected chi connectivity index (χ2v) is 7.85. The minimum atomic E-state index is -1.51. The van der Waals surface area contributed by atoms with Crippen molar-refractivity contribution in [3.63, 3.8) is 0 Å². The number of aldehydes is 1. The van der Waals surface area contributed by atoms with Crippen molar-refractivity contribution in [2.45, 2.75) is 44.8 Å². The van der Waals surface area contributed by atoms with Gasteiger partial charge in [-0.3, -0.25) is 14.4 Å². The first-order chi connectivity index (χ1) is 14.1. The largest absolute Gasteiger partial charge is 0.480 e. The lowest BCUT2D eigenvalue weighted by Gasteiger charge is -2.25. The molecule has 0 fully saturated rings. The number of carboxylic acids is 1. The van der Waals surface area contributed by atoms with Crippen LogP contribution in [0.15, 0.2) is 54.6 Å². The molecule has 2 rings (SSSR count). The fraction of sp³-hybridized carbons (Fsp3) is 0.304. The Labute approximate surface area is 175 Å². The number of nitrogens with one attached hydrogen (secondary N) is 1. The maximum Gasteiger partial charge on any atom is 0.408 e. The van der Waals surface area contributed by atoms with Crippen molar-refractivity contribution in [1.29, 1.82) is 0 Å². The van der Waals surface area contributed by atoms with Gasteiger partial charge in [-0.2, -0.15) is 0 Å². The number of hydrogen-bond acceptors (Lipinski definition) is 5. The van der Waals surface area contributed by atoms with E-state index in [2.05, 4.69) is 5.32 Å². The van der Waals surface area contributed by atoms with Crippen LogP contribution in [-0.2, 0) is 20.7 Å². The molecule has 2 N–H and O–H groups in total. The lowest BCUT2D eigenvalue weighted by atomic mass is 9.88. The predicted octanol–water partition coefficient (Wildman–Crippen LogP) is 3.37. The number of carbonyl (C=O) groups is 4. The Kier molecular flexibility index (Phi) is 7.47. The molecule has 0 saturated carbocycles. The summed E-state index contributed by atoms with van der Waals surface area (Å²) in [6.45, 7) is 5.07. The summed E-state index contributed by atoms with van der Waals surface area (Å²) in [6.07, 6.45) is -0.0732. The minimum Gasteiger partial charge on any atom is -0.480 e. The zero-order valence-electron chi connectivity index (χ0n) is 17.1. The number of amides is 1. The molecule has 0 aliphatic carbocycles. The molecule has 1 unspecified atom stereocenters. The van der Waals surface area contributed by atoms with Crippen molar-refractivity contribution in [2.24, 2.45) is 0 Å². The first-order valence-electron chi connectivity index (χ1n) is 9.46. The zero-order valence-corrected chi connectivity index (χ0v) is 17.1. The van der Waals surface area contributed by atoms with Gasteiger partial charge in [0, 0.05) is 5.56 Å². The Morgan fingerprint density at radius 1 is 1.03 bits per heavy atom. The number of alkyl carbamates (subject to hydrolysis) is 1. The van der Waals surface area contributed by atoms with Gasteiger partial charge in [-0.15, -0.1) is 0 Å². The van der Waals surface area contributed by atoms with Crippen LogP contribution in [0.5, 0.6) is 0 Å². The molecule has 1 amide bonds. The third kappa shape index (κ3) is 6.55. The molecule has 2 atom stereocenters. The molecule has 7 nitrogen and oxygen atoms in total. The van der Waals surface area contributed by atoms with Crippen molar-refractivity contribution in [3.05, 3.63) is 71.3 Å². The second-order valence-electron chi connectivity index (χ2n) is 7.85. The van der Waals surface area contributed by atoms with Crippen molar-refractivity contribution < 1.29 is 29.0 Å². The van der Waals surface area contributed by atoms with Crippen molar-refractivity contribution >= 4 is 24.1 Å².